The van der Waals surface area contributed by atoms with Crippen molar-refractivity contribution in [2.45, 2.75) is 57.0 Å². The van der Waals surface area contributed by atoms with Gasteiger partial charge in [-0.15, -0.1) is 0 Å². The summed E-state index contributed by atoms with van der Waals surface area (Å²) >= 11 is 0. The monoisotopic (exact) mass is 343 g/mol. The normalized spacial score (nSPS) is 17.4. The third-order valence-corrected chi connectivity index (χ3v) is 4.80. The summed E-state index contributed by atoms with van der Waals surface area (Å²) in [6.07, 6.45) is 5.36. The van der Waals surface area contributed by atoms with E-state index in [0.29, 0.717) is 18.2 Å². The number of aromatic nitrogens is 2. The molecule has 3 rings (SSSR count). The van der Waals surface area contributed by atoms with Gasteiger partial charge in [0.15, 0.2) is 5.82 Å². The van der Waals surface area contributed by atoms with Crippen molar-refractivity contribution in [3.63, 3.8) is 0 Å². The van der Waals surface area contributed by atoms with E-state index in [1.807, 2.05) is 30.3 Å². The van der Waals surface area contributed by atoms with Gasteiger partial charge < -0.3 is 14.9 Å². The molecule has 0 aliphatic heterocycles. The standard InChI is InChI=1S/C19H25N3O3/c1-19(24,15-9-3-2-4-10-15)13-20-16(23)11-12-17-21-18(22-25-17)14-7-5-6-8-14/h2-4,9-10,14,24H,5-8,11-13H2,1H3,(H,20,23). The van der Waals surface area contributed by atoms with Gasteiger partial charge in [-0.3, -0.25) is 4.79 Å². The molecule has 1 aromatic heterocycles. The molecule has 134 valence electrons. The first-order chi connectivity index (χ1) is 12.0. The van der Waals surface area contributed by atoms with Crippen molar-refractivity contribution in [1.82, 2.24) is 15.5 Å². The van der Waals surface area contributed by atoms with Crippen LogP contribution < -0.4 is 5.32 Å². The average Bonchev–Trinajstić information content (AvgIpc) is 3.30. The number of carbonyl (C=O) groups excluding carboxylic acids is 1. The molecule has 0 bridgehead atoms. The zero-order valence-electron chi connectivity index (χ0n) is 14.6. The van der Waals surface area contributed by atoms with Crippen LogP contribution in [0.2, 0.25) is 0 Å². The van der Waals surface area contributed by atoms with Gasteiger partial charge in [0.25, 0.3) is 0 Å². The van der Waals surface area contributed by atoms with Crippen LogP contribution in [-0.2, 0) is 16.8 Å². The van der Waals surface area contributed by atoms with Crippen LogP contribution >= 0.6 is 0 Å². The SMILES string of the molecule is CC(O)(CNC(=O)CCc1nc(C2CCCC2)no1)c1ccccc1. The highest BCUT2D eigenvalue weighted by atomic mass is 16.5. The van der Waals surface area contributed by atoms with Gasteiger partial charge in [0.05, 0.1) is 6.54 Å². The van der Waals surface area contributed by atoms with Crippen LogP contribution in [0.15, 0.2) is 34.9 Å². The number of nitrogens with one attached hydrogen (secondary N) is 1. The Bertz CT molecular complexity index is 691. The molecule has 0 saturated heterocycles. The molecule has 1 amide bonds. The molecule has 1 aliphatic rings. The zero-order chi connectivity index (χ0) is 17.7. The number of nitrogens with zero attached hydrogens (tertiary/aromatic N) is 2. The van der Waals surface area contributed by atoms with Crippen LogP contribution in [-0.4, -0.2) is 27.7 Å². The molecule has 1 unspecified atom stereocenters. The van der Waals surface area contributed by atoms with Crippen molar-refractivity contribution in [3.05, 3.63) is 47.6 Å². The highest BCUT2D eigenvalue weighted by Gasteiger charge is 2.24. The molecule has 0 radical (unpaired) electrons. The van der Waals surface area contributed by atoms with Gasteiger partial charge in [0, 0.05) is 18.8 Å². The largest absolute Gasteiger partial charge is 0.384 e. The summed E-state index contributed by atoms with van der Waals surface area (Å²) in [5.41, 5.74) is -0.328. The minimum Gasteiger partial charge on any atom is -0.384 e. The van der Waals surface area contributed by atoms with Gasteiger partial charge in [0.1, 0.15) is 5.60 Å². The van der Waals surface area contributed by atoms with Crippen molar-refractivity contribution in [2.24, 2.45) is 0 Å². The first-order valence-electron chi connectivity index (χ1n) is 8.92. The van der Waals surface area contributed by atoms with E-state index in [0.717, 1.165) is 24.2 Å². The number of hydrogen-bond donors (Lipinski definition) is 2. The Labute approximate surface area is 147 Å². The van der Waals surface area contributed by atoms with E-state index in [1.54, 1.807) is 6.92 Å². The lowest BCUT2D eigenvalue weighted by molar-refractivity contribution is -0.122. The molecule has 2 aromatic rings. The van der Waals surface area contributed by atoms with Crippen molar-refractivity contribution >= 4 is 5.91 Å². The Balaban J connectivity index is 1.45. The predicted molar refractivity (Wildman–Crippen MR) is 92.9 cm³/mol. The highest BCUT2D eigenvalue weighted by Crippen LogP contribution is 2.32. The lowest BCUT2D eigenvalue weighted by atomic mass is 9.96. The lowest BCUT2D eigenvalue weighted by Crippen LogP contribution is -2.38. The minimum absolute atomic E-state index is 0.142. The maximum atomic E-state index is 12.0. The molecule has 1 atom stereocenters. The molecule has 1 aliphatic carbocycles. The van der Waals surface area contributed by atoms with E-state index >= 15 is 0 Å². The molecular formula is C19H25N3O3. The van der Waals surface area contributed by atoms with Crippen molar-refractivity contribution in [3.8, 4) is 0 Å². The predicted octanol–water partition coefficient (Wildman–Crippen LogP) is 2.68. The Morgan fingerprint density at radius 1 is 1.32 bits per heavy atom. The first-order valence-corrected chi connectivity index (χ1v) is 8.92. The molecule has 1 aromatic carbocycles. The van der Waals surface area contributed by atoms with Gasteiger partial charge in [-0.25, -0.2) is 0 Å². The third-order valence-electron chi connectivity index (χ3n) is 4.80. The number of aliphatic hydroxyl groups is 1. The lowest BCUT2D eigenvalue weighted by Gasteiger charge is -2.24. The molecule has 1 heterocycles. The Morgan fingerprint density at radius 3 is 2.76 bits per heavy atom. The summed E-state index contributed by atoms with van der Waals surface area (Å²) < 4.78 is 5.25. The Morgan fingerprint density at radius 2 is 2.04 bits per heavy atom. The summed E-state index contributed by atoms with van der Waals surface area (Å²) in [7, 11) is 0. The van der Waals surface area contributed by atoms with Crippen LogP contribution in [0.3, 0.4) is 0 Å². The molecule has 2 N–H and O–H groups in total. The van der Waals surface area contributed by atoms with E-state index in [-0.39, 0.29) is 18.9 Å². The van der Waals surface area contributed by atoms with Crippen molar-refractivity contribution in [1.29, 1.82) is 0 Å². The summed E-state index contributed by atoms with van der Waals surface area (Å²) in [5, 5.41) is 17.3. The van der Waals surface area contributed by atoms with Gasteiger partial charge in [-0.1, -0.05) is 48.3 Å². The first kappa shape index (κ1) is 17.6. The number of rotatable bonds is 7. The van der Waals surface area contributed by atoms with Gasteiger partial charge in [-0.05, 0) is 25.3 Å². The molecule has 6 nitrogen and oxygen atoms in total. The fourth-order valence-corrected chi connectivity index (χ4v) is 3.20. The van der Waals surface area contributed by atoms with E-state index in [1.165, 1.54) is 12.8 Å². The van der Waals surface area contributed by atoms with E-state index in [9.17, 15) is 9.90 Å². The van der Waals surface area contributed by atoms with Crippen LogP contribution in [0.5, 0.6) is 0 Å². The zero-order valence-corrected chi connectivity index (χ0v) is 14.6. The Hall–Kier alpha value is -2.21. The van der Waals surface area contributed by atoms with E-state index in [4.69, 9.17) is 4.52 Å². The van der Waals surface area contributed by atoms with E-state index in [2.05, 4.69) is 15.5 Å². The van der Waals surface area contributed by atoms with Crippen LogP contribution in [0.1, 0.15) is 62.2 Å². The number of aryl methyl sites for hydroxylation is 1. The summed E-state index contributed by atoms with van der Waals surface area (Å²) in [6, 6.07) is 9.30. The number of hydrogen-bond acceptors (Lipinski definition) is 5. The second kappa shape index (κ2) is 7.78. The van der Waals surface area contributed by atoms with Gasteiger partial charge in [-0.2, -0.15) is 4.98 Å². The number of carbonyl (C=O) groups is 1. The summed E-state index contributed by atoms with van der Waals surface area (Å²) in [6.45, 7) is 1.85. The van der Waals surface area contributed by atoms with Crippen molar-refractivity contribution in [2.75, 3.05) is 6.54 Å². The highest BCUT2D eigenvalue weighted by molar-refractivity contribution is 5.76. The molecule has 25 heavy (non-hydrogen) atoms. The van der Waals surface area contributed by atoms with Crippen LogP contribution in [0.4, 0.5) is 0 Å². The smallest absolute Gasteiger partial charge is 0.227 e. The maximum absolute atomic E-state index is 12.0. The minimum atomic E-state index is -1.10. The molecular weight excluding hydrogens is 318 g/mol. The van der Waals surface area contributed by atoms with Gasteiger partial charge in [0.2, 0.25) is 11.8 Å². The molecule has 6 heteroatoms. The second-order valence-electron chi connectivity index (χ2n) is 6.94. The second-order valence-corrected chi connectivity index (χ2v) is 6.94. The number of amides is 1. The molecule has 1 fully saturated rings. The van der Waals surface area contributed by atoms with E-state index < -0.39 is 5.60 Å². The maximum Gasteiger partial charge on any atom is 0.227 e. The Kier molecular flexibility index (Phi) is 5.48. The fourth-order valence-electron chi connectivity index (χ4n) is 3.20. The summed E-state index contributed by atoms with van der Waals surface area (Å²) in [4.78, 5) is 16.5. The average molecular weight is 343 g/mol. The van der Waals surface area contributed by atoms with Gasteiger partial charge >= 0.3 is 0 Å². The third kappa shape index (κ3) is 4.66. The molecule has 1 saturated carbocycles. The fraction of sp³-hybridized carbons (Fsp3) is 0.526. The number of benzene rings is 1. The van der Waals surface area contributed by atoms with Crippen LogP contribution in [0.25, 0.3) is 0 Å². The topological polar surface area (TPSA) is 88.2 Å². The molecule has 0 spiro atoms. The van der Waals surface area contributed by atoms with Crippen LogP contribution in [0, 0.1) is 0 Å². The van der Waals surface area contributed by atoms with Crippen molar-refractivity contribution < 1.29 is 14.4 Å². The summed E-state index contributed by atoms with van der Waals surface area (Å²) in [5.74, 6) is 1.55. The quantitative estimate of drug-likeness (QED) is 0.807.